The molecule has 3 N–H and O–H groups in total. The van der Waals surface area contributed by atoms with Crippen molar-refractivity contribution >= 4 is 11.9 Å². The molecule has 1 aliphatic rings. The zero-order valence-electron chi connectivity index (χ0n) is 15.9. The largest absolute Gasteiger partial charge is 0.508 e. The summed E-state index contributed by atoms with van der Waals surface area (Å²) in [6.45, 7) is 2.01. The Bertz CT molecular complexity index is 797. The number of hydrogen-bond acceptors (Lipinski definition) is 6. The van der Waals surface area contributed by atoms with Crippen molar-refractivity contribution in [3.63, 3.8) is 0 Å². The summed E-state index contributed by atoms with van der Waals surface area (Å²) in [6, 6.07) is 8.56. The lowest BCUT2D eigenvalue weighted by atomic mass is 9.99. The van der Waals surface area contributed by atoms with Crippen molar-refractivity contribution in [2.75, 3.05) is 26.7 Å². The number of benzene rings is 1. The summed E-state index contributed by atoms with van der Waals surface area (Å²) in [4.78, 5) is 24.6. The lowest BCUT2D eigenvalue weighted by molar-refractivity contribution is -0.145. The molecule has 2 unspecified atom stereocenters. The number of amides is 1. The normalized spacial score (nSPS) is 17.7. The molecule has 0 aliphatic carbocycles. The van der Waals surface area contributed by atoms with Gasteiger partial charge in [0.25, 0.3) is 5.91 Å². The number of piperidine rings is 1. The van der Waals surface area contributed by atoms with Gasteiger partial charge in [-0.15, -0.1) is 0 Å². The Labute approximate surface area is 163 Å². The lowest BCUT2D eigenvalue weighted by Crippen LogP contribution is -2.35. The SMILES string of the molecule is COC(=O)C(CNC(=O)c1ccn(C2CCCNC2)n1)Cc1ccc(O)cc1. The van der Waals surface area contributed by atoms with Crippen molar-refractivity contribution in [2.24, 2.45) is 5.92 Å². The second-order valence-electron chi connectivity index (χ2n) is 6.98. The smallest absolute Gasteiger partial charge is 0.310 e. The molecule has 8 nitrogen and oxygen atoms in total. The highest BCUT2D eigenvalue weighted by Crippen LogP contribution is 2.16. The number of carbonyl (C=O) groups excluding carboxylic acids is 2. The van der Waals surface area contributed by atoms with Crippen LogP contribution in [0, 0.1) is 5.92 Å². The minimum Gasteiger partial charge on any atom is -0.508 e. The zero-order valence-corrected chi connectivity index (χ0v) is 15.9. The van der Waals surface area contributed by atoms with Crippen LogP contribution in [0.1, 0.15) is 34.9 Å². The molecule has 1 aromatic heterocycles. The second kappa shape index (κ2) is 9.36. The standard InChI is InChI=1S/C20H26N4O4/c1-28-20(27)15(11-14-4-6-17(25)7-5-14)12-22-19(26)18-8-10-24(23-18)16-3-2-9-21-13-16/h4-8,10,15-16,21,25H,2-3,9,11-13H2,1H3,(H,22,26). The van der Waals surface area contributed by atoms with Crippen LogP contribution in [0.15, 0.2) is 36.5 Å². The van der Waals surface area contributed by atoms with Gasteiger partial charge in [-0.2, -0.15) is 5.10 Å². The Hall–Kier alpha value is -2.87. The number of esters is 1. The van der Waals surface area contributed by atoms with Crippen LogP contribution in [-0.4, -0.2) is 53.5 Å². The minimum absolute atomic E-state index is 0.143. The first-order valence-electron chi connectivity index (χ1n) is 9.46. The number of nitrogens with zero attached hydrogens (tertiary/aromatic N) is 2. The van der Waals surface area contributed by atoms with Crippen molar-refractivity contribution in [1.29, 1.82) is 0 Å². The van der Waals surface area contributed by atoms with E-state index in [2.05, 4.69) is 15.7 Å². The predicted molar refractivity (Wildman–Crippen MR) is 103 cm³/mol. The molecule has 0 bridgehead atoms. The maximum atomic E-state index is 12.5. The molecule has 1 saturated heterocycles. The number of nitrogens with one attached hydrogen (secondary N) is 2. The number of ether oxygens (including phenoxy) is 1. The first-order valence-corrected chi connectivity index (χ1v) is 9.46. The van der Waals surface area contributed by atoms with E-state index in [0.717, 1.165) is 31.5 Å². The molecule has 1 amide bonds. The summed E-state index contributed by atoms with van der Waals surface area (Å²) in [5.74, 6) is -1.08. The van der Waals surface area contributed by atoms with Gasteiger partial charge in [0.1, 0.15) is 11.4 Å². The van der Waals surface area contributed by atoms with Crippen LogP contribution >= 0.6 is 0 Å². The fourth-order valence-electron chi connectivity index (χ4n) is 3.35. The Kier molecular flexibility index (Phi) is 6.65. The van der Waals surface area contributed by atoms with Crippen LogP contribution in [-0.2, 0) is 16.0 Å². The maximum Gasteiger partial charge on any atom is 0.310 e. The van der Waals surface area contributed by atoms with Gasteiger partial charge >= 0.3 is 5.97 Å². The molecule has 1 aromatic carbocycles. The first kappa shape index (κ1) is 19.9. The Morgan fingerprint density at radius 1 is 1.36 bits per heavy atom. The number of phenolic OH excluding ortho intramolecular Hbond substituents is 1. The van der Waals surface area contributed by atoms with Crippen molar-refractivity contribution in [3.8, 4) is 5.75 Å². The fourth-order valence-corrected chi connectivity index (χ4v) is 3.35. The lowest BCUT2D eigenvalue weighted by Gasteiger charge is -2.22. The molecular weight excluding hydrogens is 360 g/mol. The molecule has 0 saturated carbocycles. The molecule has 2 aromatic rings. The van der Waals surface area contributed by atoms with E-state index < -0.39 is 11.9 Å². The molecule has 8 heteroatoms. The Morgan fingerprint density at radius 2 is 2.14 bits per heavy atom. The van der Waals surface area contributed by atoms with E-state index in [1.807, 2.05) is 10.9 Å². The highest BCUT2D eigenvalue weighted by Gasteiger charge is 2.22. The molecule has 1 aliphatic heterocycles. The summed E-state index contributed by atoms with van der Waals surface area (Å²) >= 11 is 0. The van der Waals surface area contributed by atoms with Gasteiger partial charge < -0.3 is 20.5 Å². The molecule has 1 fully saturated rings. The predicted octanol–water partition coefficient (Wildman–Crippen LogP) is 1.27. The fraction of sp³-hybridized carbons (Fsp3) is 0.450. The van der Waals surface area contributed by atoms with Gasteiger partial charge in [0.15, 0.2) is 0 Å². The maximum absolute atomic E-state index is 12.5. The molecule has 0 radical (unpaired) electrons. The van der Waals surface area contributed by atoms with Gasteiger partial charge in [-0.1, -0.05) is 12.1 Å². The summed E-state index contributed by atoms with van der Waals surface area (Å²) in [5, 5.41) is 19.9. The van der Waals surface area contributed by atoms with Crippen molar-refractivity contribution in [1.82, 2.24) is 20.4 Å². The molecule has 2 atom stereocenters. The monoisotopic (exact) mass is 386 g/mol. The van der Waals surface area contributed by atoms with E-state index in [-0.39, 0.29) is 24.2 Å². The number of hydrogen-bond donors (Lipinski definition) is 3. The van der Waals surface area contributed by atoms with E-state index in [1.54, 1.807) is 30.3 Å². The molecule has 0 spiro atoms. The van der Waals surface area contributed by atoms with Gasteiger partial charge in [-0.25, -0.2) is 0 Å². The number of carbonyl (C=O) groups is 2. The third-order valence-corrected chi connectivity index (χ3v) is 4.95. The van der Waals surface area contributed by atoms with Gasteiger partial charge in [0.2, 0.25) is 0 Å². The quantitative estimate of drug-likeness (QED) is 0.619. The van der Waals surface area contributed by atoms with Crippen molar-refractivity contribution in [3.05, 3.63) is 47.8 Å². The molecule has 3 rings (SSSR count). The third-order valence-electron chi connectivity index (χ3n) is 4.95. The van der Waals surface area contributed by atoms with Crippen LogP contribution in [0.3, 0.4) is 0 Å². The first-order chi connectivity index (χ1) is 13.6. The number of methoxy groups -OCH3 is 1. The summed E-state index contributed by atoms with van der Waals surface area (Å²) < 4.78 is 6.69. The Balaban J connectivity index is 1.59. The van der Waals surface area contributed by atoms with E-state index in [4.69, 9.17) is 4.74 Å². The number of phenols is 1. The highest BCUT2D eigenvalue weighted by molar-refractivity contribution is 5.92. The summed E-state index contributed by atoms with van der Waals surface area (Å²) in [6.07, 6.45) is 4.34. The molecule has 28 heavy (non-hydrogen) atoms. The minimum atomic E-state index is -0.525. The third kappa shape index (κ3) is 5.10. The molecular formula is C20H26N4O4. The number of rotatable bonds is 7. The summed E-state index contributed by atoms with van der Waals surface area (Å²) in [5.41, 5.74) is 1.20. The highest BCUT2D eigenvalue weighted by atomic mass is 16.5. The van der Waals surface area contributed by atoms with E-state index in [0.29, 0.717) is 12.1 Å². The van der Waals surface area contributed by atoms with Gasteiger partial charge in [-0.3, -0.25) is 14.3 Å². The van der Waals surface area contributed by atoms with Gasteiger partial charge in [0, 0.05) is 19.3 Å². The Morgan fingerprint density at radius 3 is 2.82 bits per heavy atom. The average molecular weight is 386 g/mol. The van der Waals surface area contributed by atoms with E-state index >= 15 is 0 Å². The van der Waals surface area contributed by atoms with Crippen molar-refractivity contribution < 1.29 is 19.4 Å². The molecule has 150 valence electrons. The van der Waals surface area contributed by atoms with Crippen molar-refractivity contribution in [2.45, 2.75) is 25.3 Å². The topological polar surface area (TPSA) is 105 Å². The number of aromatic hydroxyl groups is 1. The van der Waals surface area contributed by atoms with Crippen LogP contribution in [0.4, 0.5) is 0 Å². The van der Waals surface area contributed by atoms with Crippen LogP contribution in [0.25, 0.3) is 0 Å². The van der Waals surface area contributed by atoms with E-state index in [1.165, 1.54) is 7.11 Å². The average Bonchev–Trinajstić information content (AvgIpc) is 3.23. The van der Waals surface area contributed by atoms with Crippen LogP contribution in [0.5, 0.6) is 5.75 Å². The molecule has 2 heterocycles. The van der Waals surface area contributed by atoms with Gasteiger partial charge in [0.05, 0.1) is 19.1 Å². The second-order valence-corrected chi connectivity index (χ2v) is 6.98. The number of aromatic nitrogens is 2. The van der Waals surface area contributed by atoms with Crippen LogP contribution in [0.2, 0.25) is 0 Å². The van der Waals surface area contributed by atoms with Gasteiger partial charge in [-0.05, 0) is 49.6 Å². The summed E-state index contributed by atoms with van der Waals surface area (Å²) in [7, 11) is 1.33. The van der Waals surface area contributed by atoms with E-state index in [9.17, 15) is 14.7 Å². The van der Waals surface area contributed by atoms with Crippen LogP contribution < -0.4 is 10.6 Å². The zero-order chi connectivity index (χ0) is 19.9.